The zero-order valence-electron chi connectivity index (χ0n) is 16.7. The van der Waals surface area contributed by atoms with Gasteiger partial charge in [0.1, 0.15) is 12.4 Å². The highest BCUT2D eigenvalue weighted by Gasteiger charge is 2.67. The van der Waals surface area contributed by atoms with Gasteiger partial charge in [0.2, 0.25) is 0 Å². The molecular weight excluding hydrogens is 456 g/mol. The number of imide groups is 1. The quantitative estimate of drug-likeness (QED) is 0.364. The molecule has 156 valence electrons. The molecule has 31 heavy (non-hydrogen) atoms. The number of benzene rings is 2. The molecular formula is C25H21BrN2O3. The Morgan fingerprint density at radius 1 is 1.00 bits per heavy atom. The van der Waals surface area contributed by atoms with Crippen LogP contribution in [0, 0.1) is 35.5 Å². The summed E-state index contributed by atoms with van der Waals surface area (Å²) in [7, 11) is 0. The fourth-order valence-corrected chi connectivity index (χ4v) is 6.14. The number of halogens is 1. The zero-order valence-corrected chi connectivity index (χ0v) is 18.3. The molecule has 1 saturated heterocycles. The summed E-state index contributed by atoms with van der Waals surface area (Å²) in [6.07, 6.45) is 7.08. The van der Waals surface area contributed by atoms with E-state index in [2.05, 4.69) is 33.2 Å². The molecule has 6 heteroatoms. The highest BCUT2D eigenvalue weighted by molar-refractivity contribution is 9.10. The molecule has 2 aromatic carbocycles. The average Bonchev–Trinajstić information content (AvgIpc) is 3.57. The van der Waals surface area contributed by atoms with Crippen LogP contribution in [0.25, 0.3) is 0 Å². The summed E-state index contributed by atoms with van der Waals surface area (Å²) in [5.41, 5.74) is 1.88. The first-order valence-electron chi connectivity index (χ1n) is 10.7. The smallest absolute Gasteiger partial charge is 0.254 e. The lowest BCUT2D eigenvalue weighted by Crippen LogP contribution is -2.40. The normalized spacial score (nSPS) is 32.5. The molecule has 0 spiro atoms. The van der Waals surface area contributed by atoms with E-state index in [9.17, 15) is 9.59 Å². The Hall–Kier alpha value is -2.73. The predicted octanol–water partition coefficient (Wildman–Crippen LogP) is 4.42. The zero-order chi connectivity index (χ0) is 21.1. The van der Waals surface area contributed by atoms with Crippen LogP contribution < -0.4 is 4.74 Å². The Morgan fingerprint density at radius 3 is 2.32 bits per heavy atom. The van der Waals surface area contributed by atoms with Crippen molar-refractivity contribution in [3.8, 4) is 5.75 Å². The lowest BCUT2D eigenvalue weighted by molar-refractivity contribution is -0.140. The summed E-state index contributed by atoms with van der Waals surface area (Å²) < 4.78 is 6.68. The van der Waals surface area contributed by atoms with Crippen molar-refractivity contribution in [2.45, 2.75) is 13.0 Å². The van der Waals surface area contributed by atoms with Crippen molar-refractivity contribution in [2.75, 3.05) is 0 Å². The van der Waals surface area contributed by atoms with E-state index in [4.69, 9.17) is 4.74 Å². The fourth-order valence-electron chi connectivity index (χ4n) is 5.63. The van der Waals surface area contributed by atoms with Crippen molar-refractivity contribution in [3.63, 3.8) is 0 Å². The van der Waals surface area contributed by atoms with Gasteiger partial charge in [0.15, 0.2) is 0 Å². The maximum atomic E-state index is 13.0. The third-order valence-electron chi connectivity index (χ3n) is 7.15. The number of nitrogens with zero attached hydrogens (tertiary/aromatic N) is 2. The van der Waals surface area contributed by atoms with E-state index in [1.165, 1.54) is 0 Å². The van der Waals surface area contributed by atoms with Crippen LogP contribution in [0.5, 0.6) is 5.75 Å². The Balaban J connectivity index is 1.16. The van der Waals surface area contributed by atoms with Crippen molar-refractivity contribution in [1.82, 2.24) is 5.01 Å². The SMILES string of the molecule is O=C1[C@@H]2[C@H]3C=C[C@@H]([C@@H]4C[C@@H]34)[C@H]2C(=O)N1N=Cc1ccc(OCc2ccccc2)c(Br)c1. The summed E-state index contributed by atoms with van der Waals surface area (Å²) in [6.45, 7) is 0.477. The molecule has 3 fully saturated rings. The van der Waals surface area contributed by atoms with Crippen LogP contribution in [-0.2, 0) is 16.2 Å². The van der Waals surface area contributed by atoms with E-state index in [0.29, 0.717) is 18.4 Å². The number of hydrogen-bond donors (Lipinski definition) is 0. The minimum atomic E-state index is -0.219. The molecule has 2 amide bonds. The standard InChI is InChI=1S/C25H21BrN2O3/c26-20-10-15(6-9-21(20)31-13-14-4-2-1-3-5-14)12-27-28-24(29)22-16-7-8-17(19-11-18(16)19)23(22)25(28)30/h1-10,12,16-19,22-23H,11,13H2/t16-,17-,18-,19-,22+,23+/m0/s1. The topological polar surface area (TPSA) is 59.0 Å². The monoisotopic (exact) mass is 476 g/mol. The highest BCUT2D eigenvalue weighted by atomic mass is 79.9. The van der Waals surface area contributed by atoms with Crippen LogP contribution in [0.2, 0.25) is 0 Å². The number of ether oxygens (including phenoxy) is 1. The first-order valence-corrected chi connectivity index (χ1v) is 11.5. The molecule has 5 aliphatic rings. The molecule has 5 nitrogen and oxygen atoms in total. The Bertz CT molecular complexity index is 1090. The predicted molar refractivity (Wildman–Crippen MR) is 119 cm³/mol. The maximum Gasteiger partial charge on any atom is 0.254 e. The van der Waals surface area contributed by atoms with Gasteiger partial charge in [0.05, 0.1) is 22.5 Å². The van der Waals surface area contributed by atoms with Gasteiger partial charge in [0.25, 0.3) is 11.8 Å². The number of carbonyl (C=O) groups excluding carboxylic acids is 2. The van der Waals surface area contributed by atoms with Crippen molar-refractivity contribution in [2.24, 2.45) is 40.6 Å². The van der Waals surface area contributed by atoms with Crippen molar-refractivity contribution >= 4 is 34.0 Å². The van der Waals surface area contributed by atoms with E-state index >= 15 is 0 Å². The summed E-state index contributed by atoms with van der Waals surface area (Å²) in [4.78, 5) is 26.0. The molecule has 1 aliphatic heterocycles. The van der Waals surface area contributed by atoms with E-state index < -0.39 is 0 Å². The largest absolute Gasteiger partial charge is 0.488 e. The van der Waals surface area contributed by atoms with Crippen molar-refractivity contribution < 1.29 is 14.3 Å². The van der Waals surface area contributed by atoms with E-state index in [1.807, 2.05) is 48.5 Å². The van der Waals surface area contributed by atoms with Crippen LogP contribution in [0.3, 0.4) is 0 Å². The summed E-state index contributed by atoms with van der Waals surface area (Å²) in [5, 5.41) is 5.41. The number of hydrogen-bond acceptors (Lipinski definition) is 4. The molecule has 2 aromatic rings. The second kappa shape index (κ2) is 7.16. The molecule has 7 rings (SSSR count). The number of rotatable bonds is 5. The third kappa shape index (κ3) is 3.07. The molecule has 2 saturated carbocycles. The van der Waals surface area contributed by atoms with Crippen molar-refractivity contribution in [1.29, 1.82) is 0 Å². The number of amides is 2. The van der Waals surface area contributed by atoms with Crippen LogP contribution in [0.4, 0.5) is 0 Å². The number of hydrazone groups is 1. The Kier molecular flexibility index (Phi) is 4.39. The summed E-state index contributed by atoms with van der Waals surface area (Å²) in [6, 6.07) is 15.6. The van der Waals surface area contributed by atoms with Crippen LogP contribution in [-0.4, -0.2) is 23.0 Å². The number of carbonyl (C=O) groups is 2. The second-order valence-electron chi connectivity index (χ2n) is 8.85. The number of allylic oxidation sites excluding steroid dienone is 2. The molecule has 0 aromatic heterocycles. The van der Waals surface area contributed by atoms with Gasteiger partial charge < -0.3 is 4.74 Å². The van der Waals surface area contributed by atoms with Gasteiger partial charge in [-0.1, -0.05) is 42.5 Å². The molecule has 6 atom stereocenters. The lowest BCUT2D eigenvalue weighted by atomic mass is 9.63. The van der Waals surface area contributed by atoms with Gasteiger partial charge in [0, 0.05) is 0 Å². The first-order chi connectivity index (χ1) is 15.1. The average molecular weight is 477 g/mol. The van der Waals surface area contributed by atoms with Gasteiger partial charge in [-0.25, -0.2) is 0 Å². The van der Waals surface area contributed by atoms with E-state index in [0.717, 1.165) is 32.8 Å². The second-order valence-corrected chi connectivity index (χ2v) is 9.71. The van der Waals surface area contributed by atoms with E-state index in [-0.39, 0.29) is 35.5 Å². The molecule has 4 aliphatic carbocycles. The molecule has 0 radical (unpaired) electrons. The summed E-state index contributed by atoms with van der Waals surface area (Å²) >= 11 is 3.54. The molecule has 0 N–H and O–H groups in total. The summed E-state index contributed by atoms with van der Waals surface area (Å²) in [5.74, 6) is 1.62. The fraction of sp³-hybridized carbons (Fsp3) is 0.320. The highest BCUT2D eigenvalue weighted by Crippen LogP contribution is 2.65. The van der Waals surface area contributed by atoms with Gasteiger partial charge in [-0.2, -0.15) is 10.1 Å². The van der Waals surface area contributed by atoms with Crippen molar-refractivity contribution in [3.05, 3.63) is 76.3 Å². The first kappa shape index (κ1) is 19.0. The minimum absolute atomic E-state index is 0.141. The molecule has 0 unspecified atom stereocenters. The van der Waals surface area contributed by atoms with Gasteiger partial charge in [-0.05, 0) is 75.3 Å². The van der Waals surface area contributed by atoms with Gasteiger partial charge >= 0.3 is 0 Å². The molecule has 1 heterocycles. The van der Waals surface area contributed by atoms with Crippen LogP contribution >= 0.6 is 15.9 Å². The van der Waals surface area contributed by atoms with Gasteiger partial charge in [-0.15, -0.1) is 0 Å². The van der Waals surface area contributed by atoms with Gasteiger partial charge in [-0.3, -0.25) is 9.59 Å². The third-order valence-corrected chi connectivity index (χ3v) is 7.77. The minimum Gasteiger partial charge on any atom is -0.488 e. The lowest BCUT2D eigenvalue weighted by Gasteiger charge is -2.37. The van der Waals surface area contributed by atoms with Crippen LogP contribution in [0.15, 0.2) is 70.3 Å². The maximum absolute atomic E-state index is 13.0. The Morgan fingerprint density at radius 2 is 1.68 bits per heavy atom. The van der Waals surface area contributed by atoms with E-state index in [1.54, 1.807) is 6.21 Å². The molecule has 2 bridgehead atoms. The Labute approximate surface area is 188 Å². The van der Waals surface area contributed by atoms with Crippen LogP contribution in [0.1, 0.15) is 17.5 Å².